The molecule has 1 saturated carbocycles. The van der Waals surface area contributed by atoms with Crippen LogP contribution in [0.15, 0.2) is 12.3 Å². The van der Waals surface area contributed by atoms with Crippen LogP contribution in [0.25, 0.3) is 0 Å². The topological polar surface area (TPSA) is 72.2 Å². The maximum Gasteiger partial charge on any atom is 0.317 e. The number of Topliss-reactive ketones (excluding diaryl/α,β-unsaturated/α-hetero) is 1. The van der Waals surface area contributed by atoms with Crippen LogP contribution >= 0.6 is 0 Å². The molecule has 0 amide bonds. The summed E-state index contributed by atoms with van der Waals surface area (Å²) in [6.45, 7) is 4.02. The number of carbonyl (C=O) groups excluding carboxylic acids is 1. The van der Waals surface area contributed by atoms with Crippen LogP contribution < -0.4 is 0 Å². The van der Waals surface area contributed by atoms with Crippen LogP contribution in [0.1, 0.15) is 51.3 Å². The summed E-state index contributed by atoms with van der Waals surface area (Å²) in [5.41, 5.74) is -0.569. The van der Waals surface area contributed by atoms with Gasteiger partial charge < -0.3 is 5.11 Å². The highest BCUT2D eigenvalue weighted by molar-refractivity contribution is 6.03. The first-order valence-electron chi connectivity index (χ1n) is 6.76. The summed E-state index contributed by atoms with van der Waals surface area (Å²) in [7, 11) is 0. The summed E-state index contributed by atoms with van der Waals surface area (Å²) in [6, 6.07) is 2.05. The standard InChI is InChI=1S/C14H20N2O3/c1-10(2)16-8-6-11(15-16)9-14(13(18)19)7-4-3-5-12(14)17/h6,8,10H,3-5,7,9H2,1-2H3,(H,18,19). The van der Waals surface area contributed by atoms with Crippen LogP contribution in [-0.4, -0.2) is 26.6 Å². The molecule has 0 aliphatic heterocycles. The molecule has 1 aromatic heterocycles. The number of carboxylic acid groups (broad SMARTS) is 1. The van der Waals surface area contributed by atoms with Gasteiger partial charge in [0.1, 0.15) is 5.41 Å². The third kappa shape index (κ3) is 2.55. The number of hydrogen-bond acceptors (Lipinski definition) is 3. The molecule has 1 fully saturated rings. The van der Waals surface area contributed by atoms with Gasteiger partial charge in [0.15, 0.2) is 5.78 Å². The van der Waals surface area contributed by atoms with E-state index < -0.39 is 11.4 Å². The lowest BCUT2D eigenvalue weighted by Crippen LogP contribution is -2.43. The van der Waals surface area contributed by atoms with Gasteiger partial charge in [0.05, 0.1) is 5.69 Å². The fourth-order valence-corrected chi connectivity index (χ4v) is 2.65. The van der Waals surface area contributed by atoms with E-state index in [-0.39, 0.29) is 18.2 Å². The third-order valence-electron chi connectivity index (χ3n) is 3.88. The molecule has 5 nitrogen and oxygen atoms in total. The SMILES string of the molecule is CC(C)n1ccc(CC2(C(=O)O)CCCCC2=O)n1. The Balaban J connectivity index is 2.25. The maximum absolute atomic E-state index is 12.1. The molecule has 1 aliphatic carbocycles. The van der Waals surface area contributed by atoms with E-state index in [9.17, 15) is 14.7 Å². The molecule has 5 heteroatoms. The zero-order valence-corrected chi connectivity index (χ0v) is 11.4. The molecule has 104 valence electrons. The molecule has 0 aromatic carbocycles. The summed E-state index contributed by atoms with van der Waals surface area (Å²) in [5.74, 6) is -1.15. The molecule has 0 saturated heterocycles. The van der Waals surface area contributed by atoms with E-state index in [1.807, 2.05) is 26.1 Å². The van der Waals surface area contributed by atoms with Crippen LogP contribution in [0.4, 0.5) is 0 Å². The van der Waals surface area contributed by atoms with Crippen LogP contribution in [0.5, 0.6) is 0 Å². The normalized spacial score (nSPS) is 23.8. The smallest absolute Gasteiger partial charge is 0.317 e. The number of aliphatic carboxylic acids is 1. The number of carbonyl (C=O) groups is 2. The van der Waals surface area contributed by atoms with Crippen molar-refractivity contribution in [3.05, 3.63) is 18.0 Å². The molecule has 0 spiro atoms. The number of ketones is 1. The van der Waals surface area contributed by atoms with E-state index in [0.29, 0.717) is 18.5 Å². The predicted molar refractivity (Wildman–Crippen MR) is 69.9 cm³/mol. The average Bonchev–Trinajstić information content (AvgIpc) is 2.80. The minimum atomic E-state index is -1.26. The maximum atomic E-state index is 12.1. The minimum Gasteiger partial charge on any atom is -0.480 e. The Hall–Kier alpha value is -1.65. The summed E-state index contributed by atoms with van der Waals surface area (Å²) in [4.78, 5) is 23.7. The molecule has 2 rings (SSSR count). The van der Waals surface area contributed by atoms with E-state index >= 15 is 0 Å². The van der Waals surface area contributed by atoms with Gasteiger partial charge in [-0.05, 0) is 32.8 Å². The summed E-state index contributed by atoms with van der Waals surface area (Å²) in [6.07, 6.45) is 4.44. The summed E-state index contributed by atoms with van der Waals surface area (Å²) in [5, 5.41) is 13.8. The van der Waals surface area contributed by atoms with Crippen LogP contribution in [0.2, 0.25) is 0 Å². The Morgan fingerprint density at radius 1 is 1.53 bits per heavy atom. The molecular weight excluding hydrogens is 244 g/mol. The van der Waals surface area contributed by atoms with E-state index in [2.05, 4.69) is 5.10 Å². The third-order valence-corrected chi connectivity index (χ3v) is 3.88. The minimum absolute atomic E-state index is 0.148. The molecule has 1 aromatic rings. The van der Waals surface area contributed by atoms with Crippen molar-refractivity contribution in [2.24, 2.45) is 5.41 Å². The van der Waals surface area contributed by atoms with Crippen molar-refractivity contribution in [1.29, 1.82) is 0 Å². The zero-order valence-electron chi connectivity index (χ0n) is 11.4. The molecule has 1 N–H and O–H groups in total. The zero-order chi connectivity index (χ0) is 14.0. The molecule has 19 heavy (non-hydrogen) atoms. The fraction of sp³-hybridized carbons (Fsp3) is 0.643. The molecule has 1 heterocycles. The quantitative estimate of drug-likeness (QED) is 0.846. The van der Waals surface area contributed by atoms with Crippen molar-refractivity contribution in [2.45, 2.75) is 52.0 Å². The highest BCUT2D eigenvalue weighted by Crippen LogP contribution is 2.36. The number of hydrogen-bond donors (Lipinski definition) is 1. The van der Waals surface area contributed by atoms with Crippen molar-refractivity contribution in [1.82, 2.24) is 9.78 Å². The van der Waals surface area contributed by atoms with Crippen LogP contribution in [0, 0.1) is 5.41 Å². The lowest BCUT2D eigenvalue weighted by atomic mass is 9.70. The van der Waals surface area contributed by atoms with Crippen molar-refractivity contribution >= 4 is 11.8 Å². The number of aromatic nitrogens is 2. The molecule has 1 aliphatic rings. The van der Waals surface area contributed by atoms with Gasteiger partial charge in [0.25, 0.3) is 0 Å². The fourth-order valence-electron chi connectivity index (χ4n) is 2.65. The van der Waals surface area contributed by atoms with Crippen LogP contribution in [-0.2, 0) is 16.0 Å². The molecule has 1 atom stereocenters. The summed E-state index contributed by atoms with van der Waals surface area (Å²) < 4.78 is 1.79. The summed E-state index contributed by atoms with van der Waals surface area (Å²) >= 11 is 0. The van der Waals surface area contributed by atoms with Gasteiger partial charge in [-0.3, -0.25) is 14.3 Å². The second-order valence-electron chi connectivity index (χ2n) is 5.58. The van der Waals surface area contributed by atoms with Gasteiger partial charge in [-0.25, -0.2) is 0 Å². The van der Waals surface area contributed by atoms with Gasteiger partial charge in [0, 0.05) is 25.1 Å². The highest BCUT2D eigenvalue weighted by atomic mass is 16.4. The van der Waals surface area contributed by atoms with Crippen LogP contribution in [0.3, 0.4) is 0 Å². The Morgan fingerprint density at radius 3 is 2.79 bits per heavy atom. The van der Waals surface area contributed by atoms with Gasteiger partial charge in [0.2, 0.25) is 0 Å². The van der Waals surface area contributed by atoms with Gasteiger partial charge in [-0.15, -0.1) is 0 Å². The lowest BCUT2D eigenvalue weighted by molar-refractivity contribution is -0.157. The first kappa shape index (κ1) is 13.8. The second-order valence-corrected chi connectivity index (χ2v) is 5.58. The molecule has 0 radical (unpaired) electrons. The van der Waals surface area contributed by atoms with Crippen molar-refractivity contribution in [3.63, 3.8) is 0 Å². The Kier molecular flexibility index (Phi) is 3.73. The Morgan fingerprint density at radius 2 is 2.26 bits per heavy atom. The largest absolute Gasteiger partial charge is 0.480 e. The van der Waals surface area contributed by atoms with E-state index in [0.717, 1.165) is 12.8 Å². The molecule has 1 unspecified atom stereocenters. The number of carboxylic acids is 1. The highest BCUT2D eigenvalue weighted by Gasteiger charge is 2.47. The monoisotopic (exact) mass is 264 g/mol. The van der Waals surface area contributed by atoms with E-state index in [1.165, 1.54) is 0 Å². The van der Waals surface area contributed by atoms with Gasteiger partial charge in [-0.2, -0.15) is 5.10 Å². The predicted octanol–water partition coefficient (Wildman–Crippen LogP) is 2.22. The van der Waals surface area contributed by atoms with Crippen molar-refractivity contribution in [2.75, 3.05) is 0 Å². The molecule has 0 bridgehead atoms. The van der Waals surface area contributed by atoms with E-state index in [4.69, 9.17) is 0 Å². The number of rotatable bonds is 4. The van der Waals surface area contributed by atoms with Crippen molar-refractivity contribution in [3.8, 4) is 0 Å². The molecular formula is C14H20N2O3. The first-order chi connectivity index (χ1) is 8.95. The van der Waals surface area contributed by atoms with Gasteiger partial charge in [-0.1, -0.05) is 6.42 Å². The second kappa shape index (κ2) is 5.15. The first-order valence-corrected chi connectivity index (χ1v) is 6.76. The van der Waals surface area contributed by atoms with Crippen molar-refractivity contribution < 1.29 is 14.7 Å². The lowest BCUT2D eigenvalue weighted by Gasteiger charge is -2.30. The average molecular weight is 264 g/mol. The number of nitrogens with zero attached hydrogens (tertiary/aromatic N) is 2. The Bertz CT molecular complexity index is 493. The van der Waals surface area contributed by atoms with Gasteiger partial charge >= 0.3 is 5.97 Å². The Labute approximate surface area is 112 Å². The van der Waals surface area contributed by atoms with E-state index in [1.54, 1.807) is 4.68 Å².